The van der Waals surface area contributed by atoms with Gasteiger partial charge in [-0.25, -0.2) is 9.78 Å². The third kappa shape index (κ3) is 8.18. The fraction of sp³-hybridized carbons (Fsp3) is 0.276. The predicted octanol–water partition coefficient (Wildman–Crippen LogP) is -0.517. The van der Waals surface area contributed by atoms with E-state index in [0.717, 1.165) is 16.5 Å². The van der Waals surface area contributed by atoms with Gasteiger partial charge < -0.3 is 47.0 Å². The van der Waals surface area contributed by atoms with Crippen LogP contribution in [0.3, 0.4) is 0 Å². The molecule has 0 bridgehead atoms. The van der Waals surface area contributed by atoms with Crippen LogP contribution in [-0.4, -0.2) is 84.7 Å². The van der Waals surface area contributed by atoms with E-state index in [1.165, 1.54) is 36.8 Å². The Hall–Kier alpha value is -5.21. The van der Waals surface area contributed by atoms with Gasteiger partial charge in [-0.05, 0) is 35.7 Å². The predicted molar refractivity (Wildman–Crippen MR) is 155 cm³/mol. The maximum atomic E-state index is 13.6. The number of aliphatic carboxylic acids is 1. The average molecular weight is 592 g/mol. The first-order chi connectivity index (χ1) is 20.6. The first-order valence-corrected chi connectivity index (χ1v) is 13.4. The number of hydrogen-bond donors (Lipinski definition) is 9. The van der Waals surface area contributed by atoms with Crippen LogP contribution in [0, 0.1) is 0 Å². The minimum absolute atomic E-state index is 0.00804. The molecule has 0 radical (unpaired) electrons. The number of hydrogen-bond acceptors (Lipinski definition) is 8. The Morgan fingerprint density at radius 3 is 2.14 bits per heavy atom. The van der Waals surface area contributed by atoms with E-state index in [1.807, 2.05) is 24.3 Å². The zero-order valence-electron chi connectivity index (χ0n) is 23.0. The van der Waals surface area contributed by atoms with Crippen LogP contribution in [0.2, 0.25) is 0 Å². The van der Waals surface area contributed by atoms with E-state index < -0.39 is 54.5 Å². The van der Waals surface area contributed by atoms with Crippen LogP contribution < -0.4 is 21.7 Å². The smallest absolute Gasteiger partial charge is 0.328 e. The number of aliphatic hydroxyl groups is 1. The molecule has 0 saturated carbocycles. The molecule has 2 aromatic heterocycles. The molecule has 4 rings (SSSR count). The number of rotatable bonds is 14. The standard InChI is InChI=1S/C29H33N7O7/c30-21(10-17-12-32-22-4-2-1-3-20(17)22)26(39)34-24(11-18-13-31-15-33-18)28(41)35-23(9-16-5-7-19(38)8-6-16)27(40)36-25(14-37)29(42)43/h1-8,12-13,15,21,23-25,32,37-38H,9-11,14,30H2,(H,31,33)(H,34,39)(H,35,41)(H,36,40)(H,42,43). The van der Waals surface area contributed by atoms with Gasteiger partial charge in [0.05, 0.1) is 19.0 Å². The van der Waals surface area contributed by atoms with Crippen molar-refractivity contribution in [1.82, 2.24) is 30.9 Å². The highest BCUT2D eigenvalue weighted by molar-refractivity contribution is 5.94. The van der Waals surface area contributed by atoms with Gasteiger partial charge in [0.25, 0.3) is 0 Å². The number of para-hydroxylation sites is 1. The molecule has 4 atom stereocenters. The van der Waals surface area contributed by atoms with Crippen molar-refractivity contribution in [1.29, 1.82) is 0 Å². The lowest BCUT2D eigenvalue weighted by Gasteiger charge is -2.25. The van der Waals surface area contributed by atoms with Crippen molar-refractivity contribution >= 4 is 34.6 Å². The Balaban J connectivity index is 1.52. The quantitative estimate of drug-likeness (QED) is 0.0916. The monoisotopic (exact) mass is 591 g/mol. The molecule has 4 aromatic rings. The zero-order chi connectivity index (χ0) is 30.9. The number of imidazole rings is 1. The van der Waals surface area contributed by atoms with Gasteiger partial charge in [-0.3, -0.25) is 14.4 Å². The number of amides is 3. The summed E-state index contributed by atoms with van der Waals surface area (Å²) in [5.74, 6) is -3.68. The number of aromatic hydroxyl groups is 1. The maximum absolute atomic E-state index is 13.6. The van der Waals surface area contributed by atoms with Gasteiger partial charge in [0.2, 0.25) is 17.7 Å². The van der Waals surface area contributed by atoms with E-state index in [-0.39, 0.29) is 25.0 Å². The molecule has 226 valence electrons. The summed E-state index contributed by atoms with van der Waals surface area (Å²) in [6, 6.07) is 8.34. The van der Waals surface area contributed by atoms with E-state index in [4.69, 9.17) is 5.73 Å². The number of fused-ring (bicyclic) bond motifs is 1. The van der Waals surface area contributed by atoms with Crippen molar-refractivity contribution < 1.29 is 34.5 Å². The van der Waals surface area contributed by atoms with Gasteiger partial charge in [-0.1, -0.05) is 30.3 Å². The molecule has 3 amide bonds. The first kappa shape index (κ1) is 30.7. The van der Waals surface area contributed by atoms with Crippen molar-refractivity contribution in [2.24, 2.45) is 5.73 Å². The summed E-state index contributed by atoms with van der Waals surface area (Å²) < 4.78 is 0. The number of phenols is 1. The number of H-pyrrole nitrogens is 2. The minimum atomic E-state index is -1.60. The zero-order valence-corrected chi connectivity index (χ0v) is 23.0. The van der Waals surface area contributed by atoms with Crippen LogP contribution in [-0.2, 0) is 38.4 Å². The van der Waals surface area contributed by atoms with Crippen molar-refractivity contribution in [3.05, 3.63) is 84.1 Å². The fourth-order valence-electron chi connectivity index (χ4n) is 4.54. The summed E-state index contributed by atoms with van der Waals surface area (Å²) in [5.41, 5.74) is 9.04. The molecule has 14 heteroatoms. The van der Waals surface area contributed by atoms with Gasteiger partial charge in [0, 0.05) is 41.8 Å². The highest BCUT2D eigenvalue weighted by atomic mass is 16.4. The molecule has 2 aromatic carbocycles. The number of nitrogens with one attached hydrogen (secondary N) is 5. The Morgan fingerprint density at radius 2 is 1.49 bits per heavy atom. The normalized spacial score (nSPS) is 13.9. The number of carbonyl (C=O) groups excluding carboxylic acids is 3. The highest BCUT2D eigenvalue weighted by Gasteiger charge is 2.31. The number of aromatic nitrogens is 3. The van der Waals surface area contributed by atoms with Crippen LogP contribution in [0.15, 0.2) is 67.3 Å². The fourth-order valence-corrected chi connectivity index (χ4v) is 4.54. The van der Waals surface area contributed by atoms with E-state index in [1.54, 1.807) is 6.20 Å². The summed E-state index contributed by atoms with van der Waals surface area (Å²) in [7, 11) is 0. The van der Waals surface area contributed by atoms with Crippen LogP contribution >= 0.6 is 0 Å². The summed E-state index contributed by atoms with van der Waals surface area (Å²) in [6.45, 7) is -0.867. The van der Waals surface area contributed by atoms with Gasteiger partial charge in [0.15, 0.2) is 0 Å². The molecule has 0 spiro atoms. The largest absolute Gasteiger partial charge is 0.508 e. The topological polar surface area (TPSA) is 236 Å². The lowest BCUT2D eigenvalue weighted by atomic mass is 10.0. The highest BCUT2D eigenvalue weighted by Crippen LogP contribution is 2.19. The summed E-state index contributed by atoms with van der Waals surface area (Å²) in [5, 5.41) is 36.7. The van der Waals surface area contributed by atoms with Gasteiger partial charge in [0.1, 0.15) is 23.9 Å². The number of aromatic amines is 2. The number of benzene rings is 2. The molecule has 0 aliphatic heterocycles. The van der Waals surface area contributed by atoms with Crippen LogP contribution in [0.25, 0.3) is 10.9 Å². The maximum Gasteiger partial charge on any atom is 0.328 e. The number of nitrogens with zero attached hydrogens (tertiary/aromatic N) is 1. The van der Waals surface area contributed by atoms with E-state index >= 15 is 0 Å². The number of carboxylic acids is 1. The third-order valence-electron chi connectivity index (χ3n) is 6.87. The molecule has 4 unspecified atom stereocenters. The van der Waals surface area contributed by atoms with Gasteiger partial charge >= 0.3 is 5.97 Å². The van der Waals surface area contributed by atoms with E-state index in [0.29, 0.717) is 11.3 Å². The van der Waals surface area contributed by atoms with E-state index in [9.17, 15) is 34.5 Å². The van der Waals surface area contributed by atoms with Gasteiger partial charge in [-0.2, -0.15) is 0 Å². The summed E-state index contributed by atoms with van der Waals surface area (Å²) >= 11 is 0. The van der Waals surface area contributed by atoms with Crippen molar-refractivity contribution in [3.8, 4) is 5.75 Å². The third-order valence-corrected chi connectivity index (χ3v) is 6.87. The van der Waals surface area contributed by atoms with Crippen LogP contribution in [0.5, 0.6) is 5.75 Å². The minimum Gasteiger partial charge on any atom is -0.508 e. The van der Waals surface area contributed by atoms with Crippen LogP contribution in [0.4, 0.5) is 0 Å². The number of aliphatic hydroxyl groups excluding tert-OH is 1. The Labute approximate surface area is 245 Å². The molecule has 0 aliphatic rings. The molecule has 14 nitrogen and oxygen atoms in total. The lowest BCUT2D eigenvalue weighted by molar-refractivity contribution is -0.143. The number of carboxylic acid groups (broad SMARTS) is 1. The molecule has 0 aliphatic carbocycles. The second-order valence-corrected chi connectivity index (χ2v) is 10.0. The number of phenolic OH excluding ortho intramolecular Hbond substituents is 1. The first-order valence-electron chi connectivity index (χ1n) is 13.4. The molecule has 2 heterocycles. The molecule has 10 N–H and O–H groups in total. The average Bonchev–Trinajstić information content (AvgIpc) is 3.66. The second-order valence-electron chi connectivity index (χ2n) is 10.0. The Bertz CT molecular complexity index is 1550. The second kappa shape index (κ2) is 14.1. The molecular formula is C29H33N7O7. The Morgan fingerprint density at radius 1 is 0.837 bits per heavy atom. The lowest BCUT2D eigenvalue weighted by Crippen LogP contribution is -2.58. The summed E-state index contributed by atoms with van der Waals surface area (Å²) in [6.07, 6.45) is 4.77. The molecule has 0 saturated heterocycles. The molecule has 0 fully saturated rings. The SMILES string of the molecule is NC(Cc1c[nH]c2ccccc12)C(=O)NC(Cc1cnc[nH]1)C(=O)NC(Cc1ccc(O)cc1)C(=O)NC(CO)C(=O)O. The van der Waals surface area contributed by atoms with Crippen molar-refractivity contribution in [2.75, 3.05) is 6.61 Å². The number of carbonyl (C=O) groups is 4. The van der Waals surface area contributed by atoms with Gasteiger partial charge in [-0.15, -0.1) is 0 Å². The summed E-state index contributed by atoms with van der Waals surface area (Å²) in [4.78, 5) is 61.2. The van der Waals surface area contributed by atoms with Crippen molar-refractivity contribution in [2.45, 2.75) is 43.4 Å². The van der Waals surface area contributed by atoms with E-state index in [2.05, 4.69) is 30.9 Å². The number of nitrogens with two attached hydrogens (primary N) is 1. The van der Waals surface area contributed by atoms with Crippen LogP contribution in [0.1, 0.15) is 16.8 Å². The molecular weight excluding hydrogens is 558 g/mol. The molecule has 43 heavy (non-hydrogen) atoms. The Kier molecular flexibility index (Phi) is 10.1. The van der Waals surface area contributed by atoms with Crippen molar-refractivity contribution in [3.63, 3.8) is 0 Å².